The molecule has 0 radical (unpaired) electrons. The quantitative estimate of drug-likeness (QED) is 0.465. The number of rotatable bonds is 2. The van der Waals surface area contributed by atoms with Crippen LogP contribution in [0.5, 0.6) is 0 Å². The summed E-state index contributed by atoms with van der Waals surface area (Å²) in [6.45, 7) is 8.98. The van der Waals surface area contributed by atoms with Crippen LogP contribution in [0.1, 0.15) is 35.1 Å². The number of anilines is 5. The van der Waals surface area contributed by atoms with Crippen LogP contribution in [0.4, 0.5) is 33.6 Å². The third kappa shape index (κ3) is 5.56. The van der Waals surface area contributed by atoms with Gasteiger partial charge in [0.15, 0.2) is 0 Å². The van der Waals surface area contributed by atoms with E-state index in [0.717, 1.165) is 65.5 Å². The molecule has 0 atom stereocenters. The minimum absolute atomic E-state index is 0.111. The Morgan fingerprint density at radius 1 is 0.902 bits per heavy atom. The third-order valence-electron chi connectivity index (χ3n) is 8.15. The van der Waals surface area contributed by atoms with E-state index in [9.17, 15) is 9.59 Å². The highest BCUT2D eigenvalue weighted by Gasteiger charge is 2.34. The van der Waals surface area contributed by atoms with Gasteiger partial charge in [-0.3, -0.25) is 14.6 Å². The van der Waals surface area contributed by atoms with Gasteiger partial charge in [-0.15, -0.1) is 0 Å². The zero-order valence-electron chi connectivity index (χ0n) is 24.0. The lowest BCUT2D eigenvalue weighted by molar-refractivity contribution is -0.142. The van der Waals surface area contributed by atoms with Crippen LogP contribution in [0.3, 0.4) is 0 Å². The first kappa shape index (κ1) is 27.0. The molecule has 10 heteroatoms. The number of nitrogens with one attached hydrogen (secondary N) is 1. The van der Waals surface area contributed by atoms with Crippen molar-refractivity contribution in [1.29, 1.82) is 0 Å². The molecule has 1 fully saturated rings. The summed E-state index contributed by atoms with van der Waals surface area (Å²) in [5.41, 5.74) is 6.65. The molecule has 3 aliphatic rings. The van der Waals surface area contributed by atoms with Crippen LogP contribution >= 0.6 is 0 Å². The fraction of sp³-hybridized carbons (Fsp3) is 0.419. The second kappa shape index (κ2) is 11.4. The Balaban J connectivity index is 1.35. The van der Waals surface area contributed by atoms with Gasteiger partial charge in [0.1, 0.15) is 5.82 Å². The maximum atomic E-state index is 13.9. The molecule has 10 nitrogen and oxygen atoms in total. The van der Waals surface area contributed by atoms with E-state index in [1.165, 1.54) is 0 Å². The smallest absolute Gasteiger partial charge is 0.330 e. The van der Waals surface area contributed by atoms with Crippen molar-refractivity contribution in [3.05, 3.63) is 64.8 Å². The van der Waals surface area contributed by atoms with E-state index in [-0.39, 0.29) is 18.4 Å². The Bertz CT molecular complexity index is 1450. The lowest BCUT2D eigenvalue weighted by Gasteiger charge is -2.37. The zero-order chi connectivity index (χ0) is 28.5. The van der Waals surface area contributed by atoms with Gasteiger partial charge in [0.2, 0.25) is 5.95 Å². The fourth-order valence-corrected chi connectivity index (χ4v) is 5.94. The van der Waals surface area contributed by atoms with Crippen LogP contribution in [0.2, 0.25) is 0 Å². The number of aromatic nitrogens is 2. The summed E-state index contributed by atoms with van der Waals surface area (Å²) in [7, 11) is 2.13. The van der Waals surface area contributed by atoms with Gasteiger partial charge in [0.05, 0.1) is 25.3 Å². The largest absolute Gasteiger partial charge is 0.465 e. The number of piperazine rings is 1. The first-order valence-electron chi connectivity index (χ1n) is 14.4. The third-order valence-corrected chi connectivity index (χ3v) is 8.15. The Morgan fingerprint density at radius 2 is 1.68 bits per heavy atom. The molecular formula is C31H37N7O3. The molecule has 0 aliphatic carbocycles. The summed E-state index contributed by atoms with van der Waals surface area (Å²) >= 11 is 0. The lowest BCUT2D eigenvalue weighted by atomic mass is 10.1. The highest BCUT2D eigenvalue weighted by atomic mass is 16.5. The van der Waals surface area contributed by atoms with Crippen molar-refractivity contribution < 1.29 is 14.3 Å². The number of urea groups is 1. The summed E-state index contributed by atoms with van der Waals surface area (Å²) in [5.74, 6) is 0.788. The molecule has 2 amide bonds. The number of carbonyl (C=O) groups is 2. The van der Waals surface area contributed by atoms with Crippen molar-refractivity contribution in [2.75, 3.05) is 66.4 Å². The van der Waals surface area contributed by atoms with Crippen molar-refractivity contribution in [1.82, 2.24) is 14.9 Å². The van der Waals surface area contributed by atoms with Crippen LogP contribution in [0, 0.1) is 13.8 Å². The van der Waals surface area contributed by atoms with E-state index in [1.807, 2.05) is 55.3 Å². The van der Waals surface area contributed by atoms with Gasteiger partial charge in [-0.05, 0) is 68.6 Å². The van der Waals surface area contributed by atoms with Crippen molar-refractivity contribution >= 4 is 40.8 Å². The molecule has 41 heavy (non-hydrogen) atoms. The number of hydrogen-bond acceptors (Lipinski definition) is 8. The second-order valence-electron chi connectivity index (χ2n) is 11.2. The number of aryl methyl sites for hydroxylation is 2. The number of amides is 2. The molecule has 0 unspecified atom stereocenters. The summed E-state index contributed by atoms with van der Waals surface area (Å²) < 4.78 is 5.65. The maximum absolute atomic E-state index is 13.9. The molecule has 3 aromatic rings. The van der Waals surface area contributed by atoms with Crippen molar-refractivity contribution in [2.45, 2.75) is 39.7 Å². The van der Waals surface area contributed by atoms with Crippen LogP contribution in [0.25, 0.3) is 0 Å². The standard InChI is InChI=1S/C31H37N7O3/c1-21-7-6-8-22(2)28(21)38-20-24-19-32-30-33-25-9-10-26(36-14-12-35(3)13-15-36)23(17-25)18-27(39)41-16-5-4-11-37(31(38)40)29(24)34-30/h6-10,17,19H,4-5,11-16,18,20H2,1-3H3,(H,32,33,34). The molecule has 0 spiro atoms. The van der Waals surface area contributed by atoms with Gasteiger partial charge in [0.25, 0.3) is 0 Å². The number of esters is 1. The molecule has 1 aromatic heterocycles. The average Bonchev–Trinajstić information content (AvgIpc) is 2.95. The number of ether oxygens (including phenoxy) is 1. The predicted octanol–water partition coefficient (Wildman–Crippen LogP) is 4.41. The number of benzene rings is 2. The van der Waals surface area contributed by atoms with Gasteiger partial charge in [-0.1, -0.05) is 18.2 Å². The Labute approximate surface area is 240 Å². The van der Waals surface area contributed by atoms with Crippen molar-refractivity contribution in [2.24, 2.45) is 0 Å². The predicted molar refractivity (Wildman–Crippen MR) is 160 cm³/mol. The lowest BCUT2D eigenvalue weighted by Crippen LogP contribution is -2.49. The Morgan fingerprint density at radius 3 is 2.46 bits per heavy atom. The number of carbonyl (C=O) groups excluding carboxylic acids is 2. The van der Waals surface area contributed by atoms with E-state index >= 15 is 0 Å². The van der Waals surface area contributed by atoms with Gasteiger partial charge in [-0.2, -0.15) is 4.98 Å². The normalized spacial score (nSPS) is 18.4. The van der Waals surface area contributed by atoms with Crippen LogP contribution in [-0.4, -0.2) is 73.2 Å². The molecule has 6 rings (SSSR count). The number of fused-ring (bicyclic) bond motifs is 3. The molecule has 214 valence electrons. The number of hydrogen-bond donors (Lipinski definition) is 1. The highest BCUT2D eigenvalue weighted by molar-refractivity contribution is 6.06. The molecule has 0 saturated carbocycles. The van der Waals surface area contributed by atoms with Gasteiger partial charge >= 0.3 is 12.0 Å². The average molecular weight is 556 g/mol. The molecule has 2 aromatic carbocycles. The Hall–Kier alpha value is -4.18. The summed E-state index contributed by atoms with van der Waals surface area (Å²) in [5, 5.41) is 3.32. The summed E-state index contributed by atoms with van der Waals surface area (Å²) in [4.78, 5) is 44.5. The molecular weight excluding hydrogens is 518 g/mol. The SMILES string of the molecule is Cc1cccc(C)c1N1Cc2cnc3nc2N(CCCCOC(=O)Cc2cc(ccc2N2CCN(C)CC2)N3)C1=O. The van der Waals surface area contributed by atoms with Crippen LogP contribution in [0.15, 0.2) is 42.6 Å². The first-order chi connectivity index (χ1) is 19.9. The summed E-state index contributed by atoms with van der Waals surface area (Å²) in [6.07, 6.45) is 3.33. The number of para-hydroxylation sites is 1. The highest BCUT2D eigenvalue weighted by Crippen LogP contribution is 2.35. The Kier molecular flexibility index (Phi) is 7.49. The van der Waals surface area contributed by atoms with Crippen molar-refractivity contribution in [3.8, 4) is 0 Å². The van der Waals surface area contributed by atoms with Crippen LogP contribution < -0.4 is 20.0 Å². The molecule has 3 aliphatic heterocycles. The van der Waals surface area contributed by atoms with Gasteiger partial charge < -0.3 is 19.9 Å². The van der Waals surface area contributed by atoms with Crippen molar-refractivity contribution in [3.63, 3.8) is 0 Å². The molecule has 4 heterocycles. The van der Waals surface area contributed by atoms with Gasteiger partial charge in [0, 0.05) is 55.9 Å². The molecule has 4 bridgehead atoms. The topological polar surface area (TPSA) is 94.1 Å². The number of nitrogens with zero attached hydrogens (tertiary/aromatic N) is 6. The number of cyclic esters (lactones) is 1. The molecule has 1 saturated heterocycles. The molecule has 1 N–H and O–H groups in total. The maximum Gasteiger partial charge on any atom is 0.330 e. The zero-order valence-corrected chi connectivity index (χ0v) is 24.0. The van der Waals surface area contributed by atoms with E-state index in [2.05, 4.69) is 33.2 Å². The first-order valence-corrected chi connectivity index (χ1v) is 14.4. The second-order valence-corrected chi connectivity index (χ2v) is 11.2. The van der Waals surface area contributed by atoms with E-state index in [1.54, 1.807) is 4.90 Å². The summed E-state index contributed by atoms with van der Waals surface area (Å²) in [6, 6.07) is 12.0. The van der Waals surface area contributed by atoms with Crippen LogP contribution in [-0.2, 0) is 22.5 Å². The van der Waals surface area contributed by atoms with Gasteiger partial charge in [-0.25, -0.2) is 9.78 Å². The van der Waals surface area contributed by atoms with E-state index in [0.29, 0.717) is 44.3 Å². The monoisotopic (exact) mass is 555 g/mol. The minimum atomic E-state index is -0.248. The fourth-order valence-electron chi connectivity index (χ4n) is 5.94. The number of likely N-dealkylation sites (N-methyl/N-ethyl adjacent to an activating group) is 1. The minimum Gasteiger partial charge on any atom is -0.465 e. The van der Waals surface area contributed by atoms with E-state index < -0.39 is 0 Å². The van der Waals surface area contributed by atoms with E-state index in [4.69, 9.17) is 9.72 Å².